The normalized spacial score (nSPS) is 14.8. The largest absolute Gasteiger partial charge is 0.463 e. The first-order valence-corrected chi connectivity index (χ1v) is 11.9. The third-order valence-electron chi connectivity index (χ3n) is 5.58. The van der Waals surface area contributed by atoms with Gasteiger partial charge in [0.15, 0.2) is 0 Å². The number of rotatable bonds is 7. The van der Waals surface area contributed by atoms with Gasteiger partial charge in [0, 0.05) is 5.69 Å². The van der Waals surface area contributed by atoms with Crippen LogP contribution < -0.4 is 14.8 Å². The molecule has 0 unspecified atom stereocenters. The van der Waals surface area contributed by atoms with Gasteiger partial charge in [0.25, 0.3) is 10.0 Å². The molecule has 1 heterocycles. The summed E-state index contributed by atoms with van der Waals surface area (Å²) in [6, 6.07) is 1.60. The van der Waals surface area contributed by atoms with E-state index in [0.717, 1.165) is 80.6 Å². The zero-order valence-electron chi connectivity index (χ0n) is 17.0. The van der Waals surface area contributed by atoms with Crippen molar-refractivity contribution >= 4 is 21.7 Å². The summed E-state index contributed by atoms with van der Waals surface area (Å²) in [6.07, 6.45) is 10.0. The highest BCUT2D eigenvalue weighted by atomic mass is 32.2. The second-order valence-electron chi connectivity index (χ2n) is 7.70. The van der Waals surface area contributed by atoms with Crippen LogP contribution in [0.3, 0.4) is 0 Å². The Hall–Kier alpha value is -2.68. The Kier molecular flexibility index (Phi) is 5.90. The number of benzene rings is 1. The lowest BCUT2D eigenvalue weighted by Crippen LogP contribution is -2.35. The lowest BCUT2D eigenvalue weighted by atomic mass is 9.99. The smallest absolute Gasteiger partial charge is 0.333 e. The minimum Gasteiger partial charge on any atom is -0.463 e. The number of fused-ring (bicyclic) bond motifs is 2. The van der Waals surface area contributed by atoms with E-state index in [2.05, 4.69) is 26.1 Å². The van der Waals surface area contributed by atoms with E-state index in [9.17, 15) is 13.2 Å². The predicted molar refractivity (Wildman–Crippen MR) is 112 cm³/mol. The predicted octanol–water partition coefficient (Wildman–Crippen LogP) is 3.14. The molecule has 160 valence electrons. The number of sulfonamides is 1. The monoisotopic (exact) mass is 430 g/mol. The van der Waals surface area contributed by atoms with Crippen LogP contribution >= 0.6 is 0 Å². The first-order valence-electron chi connectivity index (χ1n) is 10.4. The highest BCUT2D eigenvalue weighted by Gasteiger charge is 2.26. The molecule has 0 radical (unpaired) electrons. The Bertz CT molecular complexity index is 1020. The van der Waals surface area contributed by atoms with E-state index < -0.39 is 16.1 Å². The van der Waals surface area contributed by atoms with Crippen molar-refractivity contribution in [3.63, 3.8) is 0 Å². The molecule has 0 aliphatic heterocycles. The number of aromatic nitrogens is 2. The van der Waals surface area contributed by atoms with Crippen molar-refractivity contribution in [2.45, 2.75) is 63.2 Å². The summed E-state index contributed by atoms with van der Waals surface area (Å²) in [7, 11) is -4.09. The maximum atomic E-state index is 12.6. The molecule has 2 N–H and O–H groups in total. The molecule has 1 aromatic carbocycles. The number of hydrogen-bond donors (Lipinski definition) is 2. The molecule has 1 aromatic heterocycles. The molecule has 0 spiro atoms. The topological polar surface area (TPSA) is 110 Å². The number of nitrogens with zero attached hydrogens (tertiary/aromatic N) is 2. The van der Waals surface area contributed by atoms with Crippen molar-refractivity contribution in [1.29, 1.82) is 0 Å². The van der Waals surface area contributed by atoms with Crippen LogP contribution in [0.1, 0.15) is 54.9 Å². The number of hydrogen-bond acceptors (Lipinski definition) is 6. The van der Waals surface area contributed by atoms with Crippen molar-refractivity contribution < 1.29 is 17.9 Å². The number of urea groups is 1. The number of nitrogens with one attached hydrogen (secondary N) is 2. The lowest BCUT2D eigenvalue weighted by Gasteiger charge is -2.16. The average Bonchev–Trinajstić information content (AvgIpc) is 3.37. The van der Waals surface area contributed by atoms with Crippen molar-refractivity contribution in [2.75, 3.05) is 11.9 Å². The van der Waals surface area contributed by atoms with Gasteiger partial charge in [-0.3, -0.25) is 0 Å². The Morgan fingerprint density at radius 1 is 1.07 bits per heavy atom. The quantitative estimate of drug-likeness (QED) is 0.653. The van der Waals surface area contributed by atoms with Gasteiger partial charge >= 0.3 is 12.0 Å². The molecule has 8 nitrogen and oxygen atoms in total. The summed E-state index contributed by atoms with van der Waals surface area (Å²) < 4.78 is 32.6. The molecule has 9 heteroatoms. The number of aryl methyl sites for hydroxylation is 2. The van der Waals surface area contributed by atoms with Crippen LogP contribution in [0.15, 0.2) is 23.4 Å². The van der Waals surface area contributed by atoms with Gasteiger partial charge in [-0.25, -0.2) is 27.9 Å². The van der Waals surface area contributed by atoms with Gasteiger partial charge in [-0.2, -0.15) is 0 Å². The fraction of sp³-hybridized carbons (Fsp3) is 0.476. The van der Waals surface area contributed by atoms with Crippen LogP contribution in [0.2, 0.25) is 0 Å². The van der Waals surface area contributed by atoms with E-state index in [1.54, 1.807) is 0 Å². The van der Waals surface area contributed by atoms with E-state index in [-0.39, 0.29) is 10.9 Å². The minimum atomic E-state index is -4.09. The summed E-state index contributed by atoms with van der Waals surface area (Å²) in [5.74, 6) is 0. The maximum Gasteiger partial charge on any atom is 0.333 e. The number of ether oxygens (including phenoxy) is 1. The molecule has 0 fully saturated rings. The van der Waals surface area contributed by atoms with E-state index in [1.807, 2.05) is 6.92 Å². The molecule has 2 aromatic rings. The number of anilines is 1. The van der Waals surface area contributed by atoms with Crippen LogP contribution in [-0.4, -0.2) is 31.0 Å². The van der Waals surface area contributed by atoms with Gasteiger partial charge in [-0.05, 0) is 67.2 Å². The van der Waals surface area contributed by atoms with E-state index in [0.29, 0.717) is 6.61 Å². The fourth-order valence-electron chi connectivity index (χ4n) is 4.11. The number of carbonyl (C=O) groups is 1. The molecular formula is C21H26N4O4S. The van der Waals surface area contributed by atoms with E-state index >= 15 is 0 Å². The van der Waals surface area contributed by atoms with Gasteiger partial charge < -0.3 is 10.1 Å². The van der Waals surface area contributed by atoms with Crippen LogP contribution in [0, 0.1) is 0 Å². The highest BCUT2D eigenvalue weighted by Crippen LogP contribution is 2.38. The van der Waals surface area contributed by atoms with Crippen molar-refractivity contribution in [2.24, 2.45) is 0 Å². The summed E-state index contributed by atoms with van der Waals surface area (Å²) in [5.41, 5.74) is 5.60. The maximum absolute atomic E-state index is 12.6. The summed E-state index contributed by atoms with van der Waals surface area (Å²) >= 11 is 0. The molecule has 0 atom stereocenters. The highest BCUT2D eigenvalue weighted by molar-refractivity contribution is 7.90. The van der Waals surface area contributed by atoms with Crippen molar-refractivity contribution in [1.82, 2.24) is 14.7 Å². The van der Waals surface area contributed by atoms with Gasteiger partial charge in [-0.1, -0.05) is 19.4 Å². The van der Waals surface area contributed by atoms with Crippen LogP contribution in [0.4, 0.5) is 10.5 Å². The molecule has 0 saturated heterocycles. The van der Waals surface area contributed by atoms with Crippen LogP contribution in [0.25, 0.3) is 0 Å². The summed E-state index contributed by atoms with van der Waals surface area (Å²) in [4.78, 5) is 20.2. The van der Waals surface area contributed by atoms with E-state index in [1.165, 1.54) is 11.1 Å². The molecule has 0 bridgehead atoms. The summed E-state index contributed by atoms with van der Waals surface area (Å²) in [5, 5.41) is 2.82. The van der Waals surface area contributed by atoms with Gasteiger partial charge in [0.1, 0.15) is 4.90 Å². The zero-order valence-corrected chi connectivity index (χ0v) is 17.8. The van der Waals surface area contributed by atoms with Crippen molar-refractivity contribution in [3.05, 3.63) is 40.7 Å². The second-order valence-corrected chi connectivity index (χ2v) is 9.38. The zero-order chi connectivity index (χ0) is 21.1. The first-order chi connectivity index (χ1) is 14.5. The van der Waals surface area contributed by atoms with Gasteiger partial charge in [-0.15, -0.1) is 0 Å². The Morgan fingerprint density at radius 2 is 1.70 bits per heavy atom. The second kappa shape index (κ2) is 8.59. The Morgan fingerprint density at radius 3 is 2.30 bits per heavy atom. The molecule has 0 saturated carbocycles. The molecule has 2 aliphatic carbocycles. The Labute approximate surface area is 176 Å². The molecule has 30 heavy (non-hydrogen) atoms. The van der Waals surface area contributed by atoms with Gasteiger partial charge in [0.2, 0.25) is 0 Å². The molecule has 2 amide bonds. The number of amides is 2. The number of unbranched alkanes of at least 4 members (excludes halogenated alkanes) is 1. The van der Waals surface area contributed by atoms with Crippen LogP contribution in [0.5, 0.6) is 6.01 Å². The summed E-state index contributed by atoms with van der Waals surface area (Å²) in [6.45, 7) is 2.50. The average molecular weight is 431 g/mol. The molecule has 4 rings (SSSR count). The lowest BCUT2D eigenvalue weighted by molar-refractivity contribution is 0.256. The molecule has 2 aliphatic rings. The molecular weight excluding hydrogens is 404 g/mol. The fourth-order valence-corrected chi connectivity index (χ4v) is 4.91. The van der Waals surface area contributed by atoms with Gasteiger partial charge in [0.05, 0.1) is 19.0 Å². The SMILES string of the molecule is CCCCOc1ncc(S(=O)(=O)NC(=O)Nc2c3c(cc4c2CCC4)CCC3)cn1. The Balaban J connectivity index is 1.47. The minimum absolute atomic E-state index is 0.113. The van der Waals surface area contributed by atoms with Crippen LogP contribution in [-0.2, 0) is 35.7 Å². The van der Waals surface area contributed by atoms with Crippen molar-refractivity contribution in [3.8, 4) is 6.01 Å². The third-order valence-corrected chi connectivity index (χ3v) is 6.87. The van der Waals surface area contributed by atoms with E-state index in [4.69, 9.17) is 4.74 Å². The third kappa shape index (κ3) is 4.26. The first kappa shape index (κ1) is 20.6. The standard InChI is InChI=1S/C21H26N4O4S/c1-2-3-10-29-21-22-12-16(13-23-21)30(27,28)25-20(26)24-19-17-8-4-6-14(17)11-15-7-5-9-18(15)19/h11-13H,2-10H2,1H3,(H2,24,25,26). The number of carbonyl (C=O) groups excluding carboxylic acids is 1.